The highest BCUT2D eigenvalue weighted by atomic mass is 16.5. The molecule has 0 saturated carbocycles. The fourth-order valence-electron chi connectivity index (χ4n) is 2.99. The first kappa shape index (κ1) is 12.0. The van der Waals surface area contributed by atoms with Crippen LogP contribution in [-0.2, 0) is 11.2 Å². The van der Waals surface area contributed by atoms with Gasteiger partial charge in [0.15, 0.2) is 0 Å². The van der Waals surface area contributed by atoms with Gasteiger partial charge in [0.2, 0.25) is 0 Å². The molecule has 98 valence electrons. The first-order valence-electron chi connectivity index (χ1n) is 6.61. The Morgan fingerprint density at radius 3 is 3.06 bits per heavy atom. The van der Waals surface area contributed by atoms with Gasteiger partial charge in [0.1, 0.15) is 5.75 Å². The molecular formula is C14H20N2O2. The van der Waals surface area contributed by atoms with E-state index in [1.54, 1.807) is 0 Å². The van der Waals surface area contributed by atoms with Crippen molar-refractivity contribution >= 4 is 0 Å². The number of rotatable bonds is 3. The lowest BCUT2D eigenvalue weighted by Gasteiger charge is -2.22. The summed E-state index contributed by atoms with van der Waals surface area (Å²) < 4.78 is 11.2. The van der Waals surface area contributed by atoms with Gasteiger partial charge in [0, 0.05) is 12.3 Å². The molecule has 2 aliphatic heterocycles. The Kier molecular flexibility index (Phi) is 3.24. The molecule has 1 fully saturated rings. The van der Waals surface area contributed by atoms with Crippen molar-refractivity contribution in [1.29, 1.82) is 0 Å². The van der Waals surface area contributed by atoms with Crippen LogP contribution in [0.2, 0.25) is 0 Å². The van der Waals surface area contributed by atoms with Gasteiger partial charge in [0.25, 0.3) is 0 Å². The van der Waals surface area contributed by atoms with E-state index in [2.05, 4.69) is 30.5 Å². The molecule has 1 aromatic carbocycles. The van der Waals surface area contributed by atoms with E-state index in [1.807, 2.05) is 0 Å². The second-order valence-corrected chi connectivity index (χ2v) is 5.25. The van der Waals surface area contributed by atoms with Crippen molar-refractivity contribution < 1.29 is 9.47 Å². The van der Waals surface area contributed by atoms with Gasteiger partial charge in [-0.3, -0.25) is 11.3 Å². The average molecular weight is 248 g/mol. The van der Waals surface area contributed by atoms with Crippen LogP contribution < -0.4 is 16.0 Å². The fourth-order valence-corrected chi connectivity index (χ4v) is 2.99. The Labute approximate surface area is 107 Å². The van der Waals surface area contributed by atoms with E-state index >= 15 is 0 Å². The Bertz CT molecular complexity index is 436. The summed E-state index contributed by atoms with van der Waals surface area (Å²) in [5.41, 5.74) is 5.48. The zero-order valence-electron chi connectivity index (χ0n) is 10.7. The van der Waals surface area contributed by atoms with E-state index in [-0.39, 0.29) is 6.04 Å². The van der Waals surface area contributed by atoms with E-state index in [0.29, 0.717) is 12.0 Å². The van der Waals surface area contributed by atoms with Crippen LogP contribution in [0.3, 0.4) is 0 Å². The van der Waals surface area contributed by atoms with E-state index in [1.165, 1.54) is 11.1 Å². The van der Waals surface area contributed by atoms with Crippen molar-refractivity contribution in [3.8, 4) is 5.75 Å². The maximum Gasteiger partial charge on any atom is 0.122 e. The van der Waals surface area contributed by atoms with Crippen molar-refractivity contribution in [2.75, 3.05) is 13.2 Å². The molecule has 18 heavy (non-hydrogen) atoms. The smallest absolute Gasteiger partial charge is 0.122 e. The lowest BCUT2D eigenvalue weighted by atomic mass is 9.90. The van der Waals surface area contributed by atoms with Crippen LogP contribution in [0.4, 0.5) is 0 Å². The number of hydrogen-bond acceptors (Lipinski definition) is 4. The average Bonchev–Trinajstić information content (AvgIpc) is 2.99. The molecule has 0 aliphatic carbocycles. The van der Waals surface area contributed by atoms with Crippen LogP contribution in [0, 0.1) is 5.92 Å². The topological polar surface area (TPSA) is 56.5 Å². The van der Waals surface area contributed by atoms with Crippen LogP contribution in [0.15, 0.2) is 18.2 Å². The quantitative estimate of drug-likeness (QED) is 0.629. The Morgan fingerprint density at radius 2 is 2.33 bits per heavy atom. The largest absolute Gasteiger partial charge is 0.493 e. The number of benzene rings is 1. The summed E-state index contributed by atoms with van der Waals surface area (Å²) in [5, 5.41) is 0. The second kappa shape index (κ2) is 4.88. The van der Waals surface area contributed by atoms with Crippen molar-refractivity contribution in [2.45, 2.75) is 31.9 Å². The summed E-state index contributed by atoms with van der Waals surface area (Å²) in [6.45, 7) is 3.69. The number of fused-ring (bicyclic) bond motifs is 1. The Morgan fingerprint density at radius 1 is 1.44 bits per heavy atom. The summed E-state index contributed by atoms with van der Waals surface area (Å²) in [6.07, 6.45) is 2.39. The first-order valence-corrected chi connectivity index (χ1v) is 6.61. The Balaban J connectivity index is 1.83. The predicted molar refractivity (Wildman–Crippen MR) is 69.2 cm³/mol. The van der Waals surface area contributed by atoms with Crippen LogP contribution in [0.1, 0.15) is 30.5 Å². The molecule has 3 atom stereocenters. The molecule has 0 radical (unpaired) electrons. The van der Waals surface area contributed by atoms with Gasteiger partial charge in [-0.1, -0.05) is 12.1 Å². The first-order chi connectivity index (χ1) is 8.78. The van der Waals surface area contributed by atoms with Gasteiger partial charge in [-0.05, 0) is 30.5 Å². The number of hydrazine groups is 1. The number of nitrogens with two attached hydrogens (primary N) is 1. The van der Waals surface area contributed by atoms with Gasteiger partial charge < -0.3 is 9.47 Å². The molecule has 4 heteroatoms. The lowest BCUT2D eigenvalue weighted by Crippen LogP contribution is -2.34. The van der Waals surface area contributed by atoms with Gasteiger partial charge >= 0.3 is 0 Å². The van der Waals surface area contributed by atoms with Crippen molar-refractivity contribution in [1.82, 2.24) is 5.43 Å². The van der Waals surface area contributed by atoms with Crippen molar-refractivity contribution in [2.24, 2.45) is 11.8 Å². The van der Waals surface area contributed by atoms with E-state index in [0.717, 1.165) is 31.8 Å². The van der Waals surface area contributed by atoms with Crippen LogP contribution >= 0.6 is 0 Å². The second-order valence-electron chi connectivity index (χ2n) is 5.25. The summed E-state index contributed by atoms with van der Waals surface area (Å²) in [5.74, 6) is 7.21. The van der Waals surface area contributed by atoms with E-state index < -0.39 is 0 Å². The summed E-state index contributed by atoms with van der Waals surface area (Å²) in [7, 11) is 0. The molecule has 4 nitrogen and oxygen atoms in total. The molecule has 3 rings (SSSR count). The highest BCUT2D eigenvalue weighted by Crippen LogP contribution is 2.34. The molecule has 3 N–H and O–H groups in total. The Hall–Kier alpha value is -1.10. The lowest BCUT2D eigenvalue weighted by molar-refractivity contribution is 0.117. The fraction of sp³-hybridized carbons (Fsp3) is 0.571. The standard InChI is InChI=1S/C14H20N2O2/c1-9-6-12(8-18-9)14(16-15)11-2-3-13-10(7-11)4-5-17-13/h2-3,7,9,12,14,16H,4-6,8,15H2,1H3. The normalized spacial score (nSPS) is 27.9. The molecule has 3 unspecified atom stereocenters. The summed E-state index contributed by atoms with van der Waals surface area (Å²) >= 11 is 0. The maximum absolute atomic E-state index is 5.74. The molecule has 0 bridgehead atoms. The predicted octanol–water partition coefficient (Wildman–Crippen LogP) is 1.55. The van der Waals surface area contributed by atoms with Crippen LogP contribution in [0.5, 0.6) is 5.75 Å². The molecule has 2 heterocycles. The zero-order valence-corrected chi connectivity index (χ0v) is 10.7. The molecule has 0 amide bonds. The zero-order chi connectivity index (χ0) is 12.5. The monoisotopic (exact) mass is 248 g/mol. The third-order valence-corrected chi connectivity index (χ3v) is 3.95. The van der Waals surface area contributed by atoms with Gasteiger partial charge in [-0.25, -0.2) is 0 Å². The number of nitrogens with one attached hydrogen (secondary N) is 1. The van der Waals surface area contributed by atoms with E-state index in [4.69, 9.17) is 15.3 Å². The molecule has 0 spiro atoms. The van der Waals surface area contributed by atoms with Gasteiger partial charge in [-0.2, -0.15) is 0 Å². The minimum absolute atomic E-state index is 0.167. The summed E-state index contributed by atoms with van der Waals surface area (Å²) in [4.78, 5) is 0. The third-order valence-electron chi connectivity index (χ3n) is 3.95. The minimum atomic E-state index is 0.167. The number of hydrogen-bond donors (Lipinski definition) is 2. The summed E-state index contributed by atoms with van der Waals surface area (Å²) in [6, 6.07) is 6.55. The third kappa shape index (κ3) is 2.11. The van der Waals surface area contributed by atoms with Gasteiger partial charge in [0.05, 0.1) is 25.4 Å². The molecule has 1 saturated heterocycles. The minimum Gasteiger partial charge on any atom is -0.493 e. The van der Waals surface area contributed by atoms with Gasteiger partial charge in [-0.15, -0.1) is 0 Å². The highest BCUT2D eigenvalue weighted by molar-refractivity contribution is 5.41. The van der Waals surface area contributed by atoms with Crippen LogP contribution in [0.25, 0.3) is 0 Å². The van der Waals surface area contributed by atoms with Crippen molar-refractivity contribution in [3.63, 3.8) is 0 Å². The van der Waals surface area contributed by atoms with E-state index in [9.17, 15) is 0 Å². The SMILES string of the molecule is CC1CC(C(NN)c2ccc3c(c2)CCO3)CO1. The molecule has 1 aromatic rings. The number of ether oxygens (including phenoxy) is 2. The highest BCUT2D eigenvalue weighted by Gasteiger charge is 2.30. The van der Waals surface area contributed by atoms with Crippen molar-refractivity contribution in [3.05, 3.63) is 29.3 Å². The molecular weight excluding hydrogens is 228 g/mol. The van der Waals surface area contributed by atoms with Crippen LogP contribution in [-0.4, -0.2) is 19.3 Å². The molecule has 2 aliphatic rings. The molecule has 0 aromatic heterocycles. The maximum atomic E-state index is 5.74.